The molecule has 28 heavy (non-hydrogen) atoms. The zero-order valence-electron chi connectivity index (χ0n) is 16.7. The van der Waals surface area contributed by atoms with E-state index in [4.69, 9.17) is 4.74 Å². The summed E-state index contributed by atoms with van der Waals surface area (Å²) in [5.41, 5.74) is 2.33. The summed E-state index contributed by atoms with van der Waals surface area (Å²) in [4.78, 5) is 14.4. The Hall–Kier alpha value is -3.26. The SMILES string of the molecule is COc1ccc(CCNC(=O)/C(C#N)=C\N(Cc2ccccc2)C(C)C)cc1. The van der Waals surface area contributed by atoms with Gasteiger partial charge in [-0.1, -0.05) is 42.5 Å². The van der Waals surface area contributed by atoms with Gasteiger partial charge in [0, 0.05) is 25.3 Å². The zero-order chi connectivity index (χ0) is 20.4. The highest BCUT2D eigenvalue weighted by Gasteiger charge is 2.13. The first-order chi connectivity index (χ1) is 13.5. The van der Waals surface area contributed by atoms with Gasteiger partial charge in [-0.25, -0.2) is 0 Å². The molecule has 1 N–H and O–H groups in total. The highest BCUT2D eigenvalue weighted by Crippen LogP contribution is 2.12. The second-order valence-electron chi connectivity index (χ2n) is 6.76. The number of hydrogen-bond donors (Lipinski definition) is 1. The summed E-state index contributed by atoms with van der Waals surface area (Å²) < 4.78 is 5.14. The molecule has 0 saturated heterocycles. The lowest BCUT2D eigenvalue weighted by atomic mass is 10.1. The number of rotatable bonds is 9. The van der Waals surface area contributed by atoms with E-state index >= 15 is 0 Å². The van der Waals surface area contributed by atoms with Crippen LogP contribution in [0.4, 0.5) is 0 Å². The third-order valence-electron chi connectivity index (χ3n) is 4.39. The van der Waals surface area contributed by atoms with Crippen LogP contribution in [-0.2, 0) is 17.8 Å². The molecule has 2 aromatic rings. The number of methoxy groups -OCH3 is 1. The number of nitrogens with zero attached hydrogens (tertiary/aromatic N) is 2. The van der Waals surface area contributed by atoms with E-state index in [0.29, 0.717) is 19.5 Å². The Morgan fingerprint density at radius 2 is 1.82 bits per heavy atom. The largest absolute Gasteiger partial charge is 0.497 e. The lowest BCUT2D eigenvalue weighted by molar-refractivity contribution is -0.117. The second kappa shape index (κ2) is 10.8. The van der Waals surface area contributed by atoms with Gasteiger partial charge in [0.1, 0.15) is 17.4 Å². The zero-order valence-corrected chi connectivity index (χ0v) is 16.7. The van der Waals surface area contributed by atoms with Crippen LogP contribution in [0.1, 0.15) is 25.0 Å². The van der Waals surface area contributed by atoms with E-state index in [1.54, 1.807) is 13.3 Å². The van der Waals surface area contributed by atoms with E-state index in [1.165, 1.54) is 0 Å². The molecule has 0 fully saturated rings. The predicted molar refractivity (Wildman–Crippen MR) is 111 cm³/mol. The third kappa shape index (κ3) is 6.48. The van der Waals surface area contributed by atoms with Crippen LogP contribution < -0.4 is 10.1 Å². The fraction of sp³-hybridized carbons (Fsp3) is 0.304. The monoisotopic (exact) mass is 377 g/mol. The molecule has 0 spiro atoms. The summed E-state index contributed by atoms with van der Waals surface area (Å²) in [6.07, 6.45) is 2.34. The Balaban J connectivity index is 1.96. The van der Waals surface area contributed by atoms with Gasteiger partial charge >= 0.3 is 0 Å². The van der Waals surface area contributed by atoms with Crippen molar-refractivity contribution in [1.29, 1.82) is 5.26 Å². The van der Waals surface area contributed by atoms with Gasteiger partial charge in [0.25, 0.3) is 5.91 Å². The second-order valence-corrected chi connectivity index (χ2v) is 6.76. The fourth-order valence-corrected chi connectivity index (χ4v) is 2.68. The van der Waals surface area contributed by atoms with Crippen molar-refractivity contribution in [3.05, 3.63) is 77.5 Å². The van der Waals surface area contributed by atoms with Gasteiger partial charge in [-0.05, 0) is 43.5 Å². The fourth-order valence-electron chi connectivity index (χ4n) is 2.68. The molecule has 0 radical (unpaired) electrons. The van der Waals surface area contributed by atoms with Crippen LogP contribution in [-0.4, -0.2) is 30.5 Å². The smallest absolute Gasteiger partial charge is 0.263 e. The van der Waals surface area contributed by atoms with Crippen LogP contribution in [0.3, 0.4) is 0 Å². The maximum absolute atomic E-state index is 12.4. The quantitative estimate of drug-likeness (QED) is 0.535. The van der Waals surface area contributed by atoms with Crippen molar-refractivity contribution in [3.63, 3.8) is 0 Å². The van der Waals surface area contributed by atoms with E-state index in [0.717, 1.165) is 16.9 Å². The van der Waals surface area contributed by atoms with Crippen molar-refractivity contribution in [2.75, 3.05) is 13.7 Å². The molecule has 0 aliphatic carbocycles. The Kier molecular flexibility index (Phi) is 8.11. The molecule has 0 aliphatic rings. The van der Waals surface area contributed by atoms with E-state index in [9.17, 15) is 10.1 Å². The Morgan fingerprint density at radius 3 is 2.39 bits per heavy atom. The summed E-state index contributed by atoms with van der Waals surface area (Å²) in [5, 5.41) is 12.3. The predicted octanol–water partition coefficient (Wildman–Crippen LogP) is 3.67. The summed E-state index contributed by atoms with van der Waals surface area (Å²) in [7, 11) is 1.63. The molecule has 0 unspecified atom stereocenters. The maximum atomic E-state index is 12.4. The average molecular weight is 377 g/mol. The normalized spacial score (nSPS) is 11.0. The molecule has 0 aliphatic heterocycles. The number of nitriles is 1. The van der Waals surface area contributed by atoms with Crippen LogP contribution >= 0.6 is 0 Å². The van der Waals surface area contributed by atoms with Crippen molar-refractivity contribution in [3.8, 4) is 11.8 Å². The van der Waals surface area contributed by atoms with E-state index in [2.05, 4.69) is 5.32 Å². The number of ether oxygens (including phenoxy) is 1. The molecular weight excluding hydrogens is 350 g/mol. The topological polar surface area (TPSA) is 65.4 Å². The third-order valence-corrected chi connectivity index (χ3v) is 4.39. The van der Waals surface area contributed by atoms with Crippen LogP contribution in [0.15, 0.2) is 66.4 Å². The molecule has 5 nitrogen and oxygen atoms in total. The minimum absolute atomic E-state index is 0.111. The van der Waals surface area contributed by atoms with Crippen LogP contribution in [0, 0.1) is 11.3 Å². The maximum Gasteiger partial charge on any atom is 0.263 e. The van der Waals surface area contributed by atoms with Gasteiger partial charge in [-0.3, -0.25) is 4.79 Å². The van der Waals surface area contributed by atoms with Crippen LogP contribution in [0.2, 0.25) is 0 Å². The average Bonchev–Trinajstić information content (AvgIpc) is 2.72. The van der Waals surface area contributed by atoms with Crippen molar-refractivity contribution in [2.45, 2.75) is 32.9 Å². The van der Waals surface area contributed by atoms with Gasteiger partial charge in [-0.2, -0.15) is 5.26 Å². The molecule has 2 aromatic carbocycles. The van der Waals surface area contributed by atoms with Gasteiger partial charge in [0.15, 0.2) is 0 Å². The summed E-state index contributed by atoms with van der Waals surface area (Å²) in [5.74, 6) is 0.449. The molecule has 2 rings (SSSR count). The number of benzene rings is 2. The Morgan fingerprint density at radius 1 is 1.14 bits per heavy atom. The molecule has 0 aromatic heterocycles. The van der Waals surface area contributed by atoms with E-state index in [-0.39, 0.29) is 17.5 Å². The Labute approximate surface area is 167 Å². The molecule has 146 valence electrons. The number of amides is 1. The molecule has 1 amide bonds. The lowest BCUT2D eigenvalue weighted by Crippen LogP contribution is -2.30. The van der Waals surface area contributed by atoms with Crippen LogP contribution in [0.5, 0.6) is 5.75 Å². The highest BCUT2D eigenvalue weighted by atomic mass is 16.5. The molecule has 0 saturated carbocycles. The van der Waals surface area contributed by atoms with E-state index < -0.39 is 0 Å². The molecule has 0 bridgehead atoms. The first-order valence-corrected chi connectivity index (χ1v) is 9.36. The van der Waals surface area contributed by atoms with Gasteiger partial charge in [0.05, 0.1) is 7.11 Å². The number of carbonyl (C=O) groups excluding carboxylic acids is 1. The van der Waals surface area contributed by atoms with Gasteiger partial charge in [-0.15, -0.1) is 0 Å². The summed E-state index contributed by atoms with van der Waals surface area (Å²) >= 11 is 0. The summed E-state index contributed by atoms with van der Waals surface area (Å²) in [6.45, 7) is 5.18. The minimum atomic E-state index is -0.352. The van der Waals surface area contributed by atoms with Crippen molar-refractivity contribution >= 4 is 5.91 Å². The molecule has 0 atom stereocenters. The lowest BCUT2D eigenvalue weighted by Gasteiger charge is -2.25. The van der Waals surface area contributed by atoms with Gasteiger partial charge < -0.3 is 15.0 Å². The highest BCUT2D eigenvalue weighted by molar-refractivity contribution is 5.97. The first-order valence-electron chi connectivity index (χ1n) is 9.36. The van der Waals surface area contributed by atoms with Crippen molar-refractivity contribution in [1.82, 2.24) is 10.2 Å². The Bertz CT molecular complexity index is 821. The van der Waals surface area contributed by atoms with E-state index in [1.807, 2.05) is 79.4 Å². The van der Waals surface area contributed by atoms with Crippen LogP contribution in [0.25, 0.3) is 0 Å². The molecule has 0 heterocycles. The standard InChI is InChI=1S/C23H27N3O2/c1-18(2)26(16-20-7-5-4-6-8-20)17-21(15-24)23(27)25-14-13-19-9-11-22(28-3)12-10-19/h4-12,17-18H,13-14,16H2,1-3H3,(H,25,27)/b21-17-. The van der Waals surface area contributed by atoms with Gasteiger partial charge in [0.2, 0.25) is 0 Å². The number of carbonyl (C=O) groups is 1. The van der Waals surface area contributed by atoms with Crippen molar-refractivity contribution < 1.29 is 9.53 Å². The van der Waals surface area contributed by atoms with Crippen molar-refractivity contribution in [2.24, 2.45) is 0 Å². The first kappa shape index (κ1) is 21.0. The number of hydrogen-bond acceptors (Lipinski definition) is 4. The molecule has 5 heteroatoms. The molecular formula is C23H27N3O2. The minimum Gasteiger partial charge on any atom is -0.497 e. The number of nitrogens with one attached hydrogen (secondary N) is 1. The summed E-state index contributed by atoms with van der Waals surface area (Å²) in [6, 6.07) is 19.9.